The van der Waals surface area contributed by atoms with Crippen LogP contribution in [0, 0.1) is 0 Å². The number of anilines is 2. The highest BCUT2D eigenvalue weighted by molar-refractivity contribution is 6.03. The third-order valence-electron chi connectivity index (χ3n) is 4.19. The van der Waals surface area contributed by atoms with E-state index in [0.29, 0.717) is 11.3 Å². The van der Waals surface area contributed by atoms with E-state index >= 15 is 0 Å². The van der Waals surface area contributed by atoms with Gasteiger partial charge in [-0.15, -0.1) is 9.94 Å². The summed E-state index contributed by atoms with van der Waals surface area (Å²) in [6, 6.07) is 14.0. The Labute approximate surface area is 149 Å². The van der Waals surface area contributed by atoms with Gasteiger partial charge in [-0.05, 0) is 35.9 Å². The molecule has 0 unspecified atom stereocenters. The van der Waals surface area contributed by atoms with Crippen molar-refractivity contribution in [1.82, 2.24) is 14.8 Å². The van der Waals surface area contributed by atoms with Crippen LogP contribution < -0.4 is 4.90 Å². The number of aromatic hydroxyl groups is 1. The maximum Gasteiger partial charge on any atom is 0.261 e. The monoisotopic (exact) mass is 348 g/mol. The van der Waals surface area contributed by atoms with E-state index in [1.807, 2.05) is 23.1 Å². The number of para-hydroxylation sites is 1. The van der Waals surface area contributed by atoms with Gasteiger partial charge in [0, 0.05) is 6.20 Å². The number of carbonyl (C=O) groups excluding carboxylic acids is 1. The van der Waals surface area contributed by atoms with Crippen LogP contribution in [0.5, 0.6) is 5.75 Å². The van der Waals surface area contributed by atoms with Crippen LogP contribution in [0.2, 0.25) is 0 Å². The topological polar surface area (TPSA) is 81.8 Å². The van der Waals surface area contributed by atoms with Gasteiger partial charge >= 0.3 is 0 Å². The first-order valence-corrected chi connectivity index (χ1v) is 8.00. The Balaban J connectivity index is 1.68. The van der Waals surface area contributed by atoms with E-state index in [1.165, 1.54) is 12.4 Å². The lowest BCUT2D eigenvalue weighted by Crippen LogP contribution is -2.41. The van der Waals surface area contributed by atoms with Gasteiger partial charge in [-0.25, -0.2) is 0 Å². The minimum atomic E-state index is -0.108. The van der Waals surface area contributed by atoms with E-state index in [2.05, 4.69) is 5.10 Å². The molecule has 0 saturated heterocycles. The van der Waals surface area contributed by atoms with Gasteiger partial charge in [-0.2, -0.15) is 0 Å². The predicted molar refractivity (Wildman–Crippen MR) is 96.2 cm³/mol. The summed E-state index contributed by atoms with van der Waals surface area (Å²) in [5.74, 6) is 0.0839. The first kappa shape index (κ1) is 15.8. The van der Waals surface area contributed by atoms with Crippen molar-refractivity contribution in [1.29, 1.82) is 0 Å². The van der Waals surface area contributed by atoms with E-state index in [1.54, 1.807) is 47.5 Å². The molecule has 0 saturated carbocycles. The highest BCUT2D eigenvalue weighted by Crippen LogP contribution is 2.33. The zero-order valence-corrected chi connectivity index (χ0v) is 13.7. The smallest absolute Gasteiger partial charge is 0.261 e. The molecule has 1 aromatic heterocycles. The summed E-state index contributed by atoms with van der Waals surface area (Å²) in [5.41, 5.74) is 2.87. The van der Waals surface area contributed by atoms with Gasteiger partial charge in [0.25, 0.3) is 5.91 Å². The van der Waals surface area contributed by atoms with Gasteiger partial charge in [0.2, 0.25) is 0 Å². The van der Waals surface area contributed by atoms with E-state index in [9.17, 15) is 15.1 Å². The lowest BCUT2D eigenvalue weighted by atomic mass is 10.1. The molecule has 130 valence electrons. The van der Waals surface area contributed by atoms with Crippen molar-refractivity contribution in [3.8, 4) is 5.75 Å². The number of hydrogen-bond donors (Lipinski definition) is 2. The third-order valence-corrected chi connectivity index (χ3v) is 4.19. The zero-order valence-electron chi connectivity index (χ0n) is 13.7. The first-order valence-electron chi connectivity index (χ1n) is 8.00. The molecule has 1 amide bonds. The zero-order chi connectivity index (χ0) is 18.1. The normalized spacial score (nSPS) is 14.1. The van der Waals surface area contributed by atoms with Crippen molar-refractivity contribution in [2.75, 3.05) is 11.6 Å². The second-order valence-corrected chi connectivity index (χ2v) is 5.89. The molecule has 1 aliphatic rings. The SMILES string of the molecule is O=C1c2ccccc2N(c2cnn(O)c2)CN1C=Cc1ccc(O)cc1. The summed E-state index contributed by atoms with van der Waals surface area (Å²) in [7, 11) is 0. The van der Waals surface area contributed by atoms with Crippen LogP contribution in [-0.4, -0.2) is 37.7 Å². The number of hydrogen-bond acceptors (Lipinski definition) is 5. The second kappa shape index (κ2) is 6.29. The molecule has 3 aromatic rings. The molecule has 0 fully saturated rings. The molecule has 0 radical (unpaired) electrons. The van der Waals surface area contributed by atoms with Crippen molar-refractivity contribution in [2.45, 2.75) is 0 Å². The van der Waals surface area contributed by atoms with E-state index in [-0.39, 0.29) is 18.3 Å². The van der Waals surface area contributed by atoms with Crippen LogP contribution in [0.3, 0.4) is 0 Å². The van der Waals surface area contributed by atoms with Gasteiger partial charge in [-0.1, -0.05) is 24.3 Å². The summed E-state index contributed by atoms with van der Waals surface area (Å²) in [5, 5.41) is 22.6. The molecule has 0 atom stereocenters. The molecule has 2 aromatic carbocycles. The predicted octanol–water partition coefficient (Wildman–Crippen LogP) is 3.05. The average molecular weight is 348 g/mol. The Morgan fingerprint density at radius 2 is 1.85 bits per heavy atom. The van der Waals surface area contributed by atoms with Crippen LogP contribution in [0.15, 0.2) is 67.1 Å². The number of aromatic nitrogens is 2. The van der Waals surface area contributed by atoms with Crippen molar-refractivity contribution >= 4 is 23.4 Å². The summed E-state index contributed by atoms with van der Waals surface area (Å²) in [6.07, 6.45) is 6.53. The molecule has 26 heavy (non-hydrogen) atoms. The van der Waals surface area contributed by atoms with Gasteiger partial charge in [0.15, 0.2) is 0 Å². The Kier molecular flexibility index (Phi) is 3.81. The van der Waals surface area contributed by atoms with Crippen molar-refractivity contribution in [3.05, 3.63) is 78.3 Å². The Morgan fingerprint density at radius 1 is 1.08 bits per heavy atom. The molecule has 2 heterocycles. The highest BCUT2D eigenvalue weighted by Gasteiger charge is 2.29. The number of fused-ring (bicyclic) bond motifs is 1. The van der Waals surface area contributed by atoms with Crippen molar-refractivity contribution in [3.63, 3.8) is 0 Å². The summed E-state index contributed by atoms with van der Waals surface area (Å²) in [4.78, 5) is 17.0. The molecule has 0 spiro atoms. The maximum absolute atomic E-state index is 12.8. The van der Waals surface area contributed by atoms with Gasteiger partial charge < -0.3 is 15.2 Å². The van der Waals surface area contributed by atoms with Gasteiger partial charge in [0.05, 0.1) is 29.3 Å². The van der Waals surface area contributed by atoms with E-state index < -0.39 is 0 Å². The Morgan fingerprint density at radius 3 is 2.58 bits per heavy atom. The quantitative estimate of drug-likeness (QED) is 0.711. The van der Waals surface area contributed by atoms with Crippen LogP contribution in [-0.2, 0) is 0 Å². The standard InChI is InChI=1S/C19H16N4O3/c24-16-7-5-14(6-8-16)9-10-21-13-22(15-11-20-23(26)12-15)18-4-2-1-3-17(18)19(21)25/h1-12,24,26H,13H2. The van der Waals surface area contributed by atoms with Crippen molar-refractivity contribution < 1.29 is 15.1 Å². The number of benzene rings is 2. The lowest BCUT2D eigenvalue weighted by Gasteiger charge is -2.35. The number of amides is 1. The fourth-order valence-electron chi connectivity index (χ4n) is 2.88. The molecule has 1 aliphatic heterocycles. The summed E-state index contributed by atoms with van der Waals surface area (Å²) < 4.78 is 0. The van der Waals surface area contributed by atoms with Crippen LogP contribution in [0.1, 0.15) is 15.9 Å². The number of carbonyl (C=O) groups is 1. The molecule has 0 aliphatic carbocycles. The number of phenols is 1. The number of rotatable bonds is 3. The molecule has 7 nitrogen and oxygen atoms in total. The largest absolute Gasteiger partial charge is 0.508 e. The van der Waals surface area contributed by atoms with Gasteiger partial charge in [-0.3, -0.25) is 9.69 Å². The van der Waals surface area contributed by atoms with E-state index in [0.717, 1.165) is 16.1 Å². The summed E-state index contributed by atoms with van der Waals surface area (Å²) >= 11 is 0. The summed E-state index contributed by atoms with van der Waals surface area (Å²) in [6.45, 7) is 0.288. The molecular weight excluding hydrogens is 332 g/mol. The minimum absolute atomic E-state index is 0.108. The van der Waals surface area contributed by atoms with E-state index in [4.69, 9.17) is 0 Å². The molecule has 2 N–H and O–H groups in total. The number of phenolic OH excluding ortho intramolecular Hbond substituents is 1. The second-order valence-electron chi connectivity index (χ2n) is 5.89. The minimum Gasteiger partial charge on any atom is -0.508 e. The molecule has 4 rings (SSSR count). The van der Waals surface area contributed by atoms with Crippen LogP contribution >= 0.6 is 0 Å². The van der Waals surface area contributed by atoms with Crippen LogP contribution in [0.4, 0.5) is 11.4 Å². The first-order chi connectivity index (χ1) is 12.6. The fourth-order valence-corrected chi connectivity index (χ4v) is 2.88. The van der Waals surface area contributed by atoms with Crippen molar-refractivity contribution in [2.24, 2.45) is 0 Å². The Hall–Kier alpha value is -3.74. The third kappa shape index (κ3) is 2.86. The molecular formula is C19H16N4O3. The van der Waals surface area contributed by atoms with Gasteiger partial charge in [0.1, 0.15) is 12.4 Å². The fraction of sp³-hybridized carbons (Fsp3) is 0.0526. The van der Waals surface area contributed by atoms with Crippen LogP contribution in [0.25, 0.3) is 6.08 Å². The lowest BCUT2D eigenvalue weighted by molar-refractivity contribution is 0.0816. The average Bonchev–Trinajstić information content (AvgIpc) is 3.09. The Bertz CT molecular complexity index is 978. The number of nitrogens with zero attached hydrogens (tertiary/aromatic N) is 4. The molecule has 7 heteroatoms. The highest BCUT2D eigenvalue weighted by atomic mass is 16.5. The molecule has 0 bridgehead atoms. The maximum atomic E-state index is 12.8.